The second-order valence-corrected chi connectivity index (χ2v) is 15.8. The van der Waals surface area contributed by atoms with Crippen LogP contribution in [0.5, 0.6) is 5.75 Å². The lowest BCUT2D eigenvalue weighted by Gasteiger charge is -2.32. The molecular weight excluding hydrogens is 654 g/mol. The van der Waals surface area contributed by atoms with Gasteiger partial charge in [0.15, 0.2) is 0 Å². The summed E-state index contributed by atoms with van der Waals surface area (Å²) in [5.74, 6) is -0.514. The van der Waals surface area contributed by atoms with Crippen LogP contribution in [0.4, 0.5) is 5.82 Å². The molecule has 0 amide bonds. The third-order valence-electron chi connectivity index (χ3n) is 11.8. The number of nitrogens with one attached hydrogen (secondary N) is 1. The standard InChI is InChI=1S/C43H61N3O6/c1-2-3-5-9-29-14-15-32(40(49)24-29)10-6-4-7-13-37(42(50)51)39(48)18-20-43(52)28-31(22-30-19-21-45-41(44)25-30)23-34(43)27-35-16-17-38(46-35)33-11-8-12-36(47)26-33/h8,11-12,14-17,19,21,25-26,29,31-32,34,37,39-40,46-49,52H,2-7,9-10,13,18,20,22-24,27-28H2,1H3,(H2,44,45)(H,50,51)/t29-,31-,32-,34+,37+,39-,40-,43+/m1/s1. The van der Waals surface area contributed by atoms with Crippen LogP contribution in [-0.2, 0) is 17.6 Å². The Morgan fingerprint density at radius 1 is 1.00 bits per heavy atom. The summed E-state index contributed by atoms with van der Waals surface area (Å²) >= 11 is 0. The van der Waals surface area contributed by atoms with Gasteiger partial charge in [0.2, 0.25) is 0 Å². The van der Waals surface area contributed by atoms with Crippen LogP contribution in [0.1, 0.15) is 108 Å². The predicted octanol–water partition coefficient (Wildman–Crippen LogP) is 7.83. The predicted molar refractivity (Wildman–Crippen MR) is 205 cm³/mol. The molecule has 2 aliphatic rings. The number of anilines is 1. The number of unbranched alkanes of at least 4 members (excludes halogenated alkanes) is 4. The molecule has 2 aliphatic carbocycles. The zero-order valence-electron chi connectivity index (χ0n) is 30.9. The number of hydrogen-bond donors (Lipinski definition) is 7. The fraction of sp³-hybridized carbons (Fsp3) is 0.581. The van der Waals surface area contributed by atoms with E-state index in [0.717, 1.165) is 67.5 Å². The average molecular weight is 716 g/mol. The highest BCUT2D eigenvalue weighted by Crippen LogP contribution is 2.46. The van der Waals surface area contributed by atoms with Crippen LogP contribution < -0.4 is 5.73 Å². The molecule has 1 aromatic carbocycles. The zero-order chi connectivity index (χ0) is 37.1. The lowest BCUT2D eigenvalue weighted by Crippen LogP contribution is -2.37. The van der Waals surface area contributed by atoms with Crippen molar-refractivity contribution < 1.29 is 30.3 Å². The van der Waals surface area contributed by atoms with Gasteiger partial charge in [0.25, 0.3) is 0 Å². The summed E-state index contributed by atoms with van der Waals surface area (Å²) in [6, 6.07) is 14.9. The minimum atomic E-state index is -1.08. The number of phenols is 1. The molecule has 0 spiro atoms. The zero-order valence-corrected chi connectivity index (χ0v) is 30.9. The van der Waals surface area contributed by atoms with Gasteiger partial charge in [-0.2, -0.15) is 0 Å². The Morgan fingerprint density at radius 2 is 1.83 bits per heavy atom. The molecule has 0 bridgehead atoms. The van der Waals surface area contributed by atoms with Crippen molar-refractivity contribution in [2.45, 2.75) is 127 Å². The summed E-state index contributed by atoms with van der Waals surface area (Å²) in [5, 5.41) is 54.2. The Morgan fingerprint density at radius 3 is 2.58 bits per heavy atom. The Hall–Kier alpha value is -3.66. The van der Waals surface area contributed by atoms with Crippen molar-refractivity contribution in [3.63, 3.8) is 0 Å². The Labute approximate surface area is 309 Å². The maximum atomic E-state index is 12.3. The van der Waals surface area contributed by atoms with Crippen molar-refractivity contribution in [3.8, 4) is 17.0 Å². The van der Waals surface area contributed by atoms with Gasteiger partial charge in [0, 0.05) is 29.1 Å². The number of hydrogen-bond acceptors (Lipinski definition) is 7. The van der Waals surface area contributed by atoms with E-state index in [4.69, 9.17) is 5.73 Å². The fourth-order valence-corrected chi connectivity index (χ4v) is 8.88. The molecule has 0 unspecified atom stereocenters. The maximum absolute atomic E-state index is 12.3. The SMILES string of the molecule is CCCCC[C@@H]1C=C[C@@H](CCCCC[C@H](C(=O)O)[C@H](O)CC[C@]2(O)C[C@H](Cc3ccnc(N)c3)C[C@H]2Cc2ccc(-c3cccc(O)c3)[nH]2)[C@H](O)C1. The van der Waals surface area contributed by atoms with E-state index < -0.39 is 23.6 Å². The molecule has 0 saturated heterocycles. The van der Waals surface area contributed by atoms with E-state index in [9.17, 15) is 30.3 Å². The highest BCUT2D eigenvalue weighted by molar-refractivity contribution is 5.70. The van der Waals surface area contributed by atoms with Gasteiger partial charge in [-0.15, -0.1) is 0 Å². The van der Waals surface area contributed by atoms with Crippen molar-refractivity contribution in [1.82, 2.24) is 9.97 Å². The summed E-state index contributed by atoms with van der Waals surface area (Å²) in [6.45, 7) is 2.21. The molecule has 0 radical (unpaired) electrons. The van der Waals surface area contributed by atoms with Gasteiger partial charge < -0.3 is 36.3 Å². The second-order valence-electron chi connectivity index (χ2n) is 15.8. The van der Waals surface area contributed by atoms with Crippen molar-refractivity contribution in [2.75, 3.05) is 5.73 Å². The first-order valence-corrected chi connectivity index (χ1v) is 19.7. The van der Waals surface area contributed by atoms with Crippen LogP contribution in [0.2, 0.25) is 0 Å². The molecule has 5 rings (SSSR count). The van der Waals surface area contributed by atoms with E-state index in [1.807, 2.05) is 30.3 Å². The van der Waals surface area contributed by atoms with Crippen LogP contribution in [0.3, 0.4) is 0 Å². The summed E-state index contributed by atoms with van der Waals surface area (Å²) in [5.41, 5.74) is 8.68. The monoisotopic (exact) mass is 715 g/mol. The Kier molecular flexibility index (Phi) is 14.4. The summed E-state index contributed by atoms with van der Waals surface area (Å²) in [6.07, 6.45) is 17.3. The first kappa shape index (κ1) is 39.5. The van der Waals surface area contributed by atoms with Gasteiger partial charge in [0.05, 0.1) is 23.7 Å². The first-order chi connectivity index (χ1) is 25.0. The molecule has 284 valence electrons. The molecule has 9 nitrogen and oxygen atoms in total. The average Bonchev–Trinajstić information content (AvgIpc) is 3.70. The number of aromatic amines is 1. The molecule has 8 N–H and O–H groups in total. The number of carboxylic acid groups (broad SMARTS) is 1. The van der Waals surface area contributed by atoms with E-state index in [2.05, 4.69) is 29.0 Å². The number of carbonyl (C=O) groups is 1. The lowest BCUT2D eigenvalue weighted by molar-refractivity contribution is -0.146. The van der Waals surface area contributed by atoms with Crippen molar-refractivity contribution in [3.05, 3.63) is 78.1 Å². The van der Waals surface area contributed by atoms with Gasteiger partial charge >= 0.3 is 5.97 Å². The molecule has 2 heterocycles. The van der Waals surface area contributed by atoms with Crippen molar-refractivity contribution >= 4 is 11.8 Å². The molecule has 52 heavy (non-hydrogen) atoms. The largest absolute Gasteiger partial charge is 0.508 e. The van der Waals surface area contributed by atoms with Gasteiger partial charge in [-0.25, -0.2) is 4.98 Å². The topological polar surface area (TPSA) is 173 Å². The quantitative estimate of drug-likeness (QED) is 0.0458. The van der Waals surface area contributed by atoms with Gasteiger partial charge in [-0.3, -0.25) is 4.79 Å². The number of pyridine rings is 1. The lowest BCUT2D eigenvalue weighted by atomic mass is 9.80. The van der Waals surface area contributed by atoms with Gasteiger partial charge in [-0.05, 0) is 124 Å². The minimum absolute atomic E-state index is 0.0985. The third kappa shape index (κ3) is 11.2. The van der Waals surface area contributed by atoms with E-state index in [1.165, 1.54) is 19.3 Å². The first-order valence-electron chi connectivity index (χ1n) is 19.7. The maximum Gasteiger partial charge on any atom is 0.309 e. The number of nitrogens with two attached hydrogens (primary N) is 1. The Bertz CT molecular complexity index is 1590. The van der Waals surface area contributed by atoms with E-state index in [-0.39, 0.29) is 36.0 Å². The number of benzene rings is 1. The number of aliphatic hydroxyl groups excluding tert-OH is 2. The summed E-state index contributed by atoms with van der Waals surface area (Å²) in [4.78, 5) is 19.9. The molecular formula is C43H61N3O6. The molecule has 2 aromatic heterocycles. The van der Waals surface area contributed by atoms with Crippen LogP contribution in [-0.4, -0.2) is 59.3 Å². The second kappa shape index (κ2) is 18.9. The number of aromatic hydroxyl groups is 1. The molecule has 8 atom stereocenters. The number of aliphatic hydroxyl groups is 3. The number of rotatable bonds is 20. The van der Waals surface area contributed by atoms with Gasteiger partial charge in [0.1, 0.15) is 11.6 Å². The smallest absolute Gasteiger partial charge is 0.309 e. The van der Waals surface area contributed by atoms with E-state index in [1.54, 1.807) is 24.4 Å². The number of allylic oxidation sites excluding steroid dienone is 1. The number of aromatic nitrogens is 2. The molecule has 1 saturated carbocycles. The summed E-state index contributed by atoms with van der Waals surface area (Å²) < 4.78 is 0. The highest BCUT2D eigenvalue weighted by Gasteiger charge is 2.46. The fourth-order valence-electron chi connectivity index (χ4n) is 8.88. The van der Waals surface area contributed by atoms with Crippen molar-refractivity contribution in [2.24, 2.45) is 29.6 Å². The molecule has 3 aromatic rings. The number of carboxylic acids is 1. The third-order valence-corrected chi connectivity index (χ3v) is 11.8. The molecule has 9 heteroatoms. The van der Waals surface area contributed by atoms with Crippen LogP contribution in [0, 0.1) is 29.6 Å². The van der Waals surface area contributed by atoms with Crippen LogP contribution >= 0.6 is 0 Å². The number of phenolic OH excluding ortho intramolecular Hbond substituents is 1. The number of aliphatic carboxylic acids is 1. The highest BCUT2D eigenvalue weighted by atomic mass is 16.4. The molecule has 1 fully saturated rings. The van der Waals surface area contributed by atoms with Crippen molar-refractivity contribution in [1.29, 1.82) is 0 Å². The number of nitrogen functional groups attached to an aromatic ring is 1. The normalized spacial score (nSPS) is 25.7. The number of nitrogens with zero attached hydrogens (tertiary/aromatic N) is 1. The van der Waals surface area contributed by atoms with E-state index in [0.29, 0.717) is 43.8 Å². The number of H-pyrrole nitrogens is 1. The van der Waals surface area contributed by atoms with Gasteiger partial charge in [-0.1, -0.05) is 69.7 Å². The summed E-state index contributed by atoms with van der Waals surface area (Å²) in [7, 11) is 0. The minimum Gasteiger partial charge on any atom is -0.508 e. The van der Waals surface area contributed by atoms with E-state index >= 15 is 0 Å². The Balaban J connectivity index is 1.15. The van der Waals surface area contributed by atoms with Crippen LogP contribution in [0.25, 0.3) is 11.3 Å². The van der Waals surface area contributed by atoms with Crippen LogP contribution in [0.15, 0.2) is 66.9 Å². The molecule has 0 aliphatic heterocycles.